The Hall–Kier alpha value is -1.16. The third-order valence-electron chi connectivity index (χ3n) is 4.75. The number of carbonyl (C=O) groups excluding carboxylic acids is 1. The number of phenolic OH excluding ortho intramolecular Hbond substituents is 1. The lowest BCUT2D eigenvalue weighted by Gasteiger charge is -2.35. The molecule has 128 valence electrons. The van der Waals surface area contributed by atoms with Crippen molar-refractivity contribution in [3.63, 3.8) is 0 Å². The molecule has 1 aliphatic heterocycles. The molecule has 1 aromatic carbocycles. The molecule has 1 aliphatic rings. The van der Waals surface area contributed by atoms with E-state index in [0.29, 0.717) is 11.5 Å². The van der Waals surface area contributed by atoms with Gasteiger partial charge in [-0.1, -0.05) is 41.5 Å². The Bertz CT molecular complexity index is 605. The molecule has 3 nitrogen and oxygen atoms in total. The molecule has 1 amide bonds. The van der Waals surface area contributed by atoms with Crippen molar-refractivity contribution in [2.24, 2.45) is 0 Å². The summed E-state index contributed by atoms with van der Waals surface area (Å²) in [6, 6.07) is 4.15. The summed E-state index contributed by atoms with van der Waals surface area (Å²) in [5.41, 5.74) is 2.64. The van der Waals surface area contributed by atoms with Gasteiger partial charge < -0.3 is 10.0 Å². The molecule has 4 heteroatoms. The summed E-state index contributed by atoms with van der Waals surface area (Å²) < 4.78 is 0. The van der Waals surface area contributed by atoms with Crippen molar-refractivity contribution >= 4 is 17.7 Å². The maximum Gasteiger partial charge on any atom is 0.233 e. The second kappa shape index (κ2) is 5.44. The van der Waals surface area contributed by atoms with Gasteiger partial charge in [-0.05, 0) is 46.6 Å². The Balaban J connectivity index is 2.73. The van der Waals surface area contributed by atoms with Gasteiger partial charge >= 0.3 is 0 Å². The van der Waals surface area contributed by atoms with Crippen LogP contribution in [0.4, 0.5) is 0 Å². The highest BCUT2D eigenvalue weighted by Crippen LogP contribution is 2.48. The Labute approximate surface area is 144 Å². The molecule has 0 bridgehead atoms. The highest BCUT2D eigenvalue weighted by molar-refractivity contribution is 8.01. The largest absolute Gasteiger partial charge is 0.507 e. The van der Waals surface area contributed by atoms with Crippen LogP contribution >= 0.6 is 11.8 Å². The van der Waals surface area contributed by atoms with E-state index >= 15 is 0 Å². The normalized spacial score (nSPS) is 22.8. The SMILES string of the molecule is CN1C(=O)CSC1(C)c1cc(C(C)(C)C)c(O)c(C(C)(C)C)c1. The van der Waals surface area contributed by atoms with E-state index in [2.05, 4.69) is 60.6 Å². The number of benzene rings is 1. The fourth-order valence-electron chi connectivity index (χ4n) is 2.96. The standard InChI is InChI=1S/C19H29NO2S/c1-17(2,3)13-9-12(10-14(16(13)22)18(4,5)6)19(7)20(8)15(21)11-23-19/h9-10,22H,11H2,1-8H3. The van der Waals surface area contributed by atoms with Crippen LogP contribution in [0.15, 0.2) is 12.1 Å². The third-order valence-corrected chi connectivity index (χ3v) is 6.22. The molecule has 23 heavy (non-hydrogen) atoms. The van der Waals surface area contributed by atoms with Crippen LogP contribution < -0.4 is 0 Å². The lowest BCUT2D eigenvalue weighted by atomic mass is 9.77. The minimum absolute atomic E-state index is 0.153. The van der Waals surface area contributed by atoms with Crippen LogP contribution in [-0.2, 0) is 20.5 Å². The van der Waals surface area contributed by atoms with Gasteiger partial charge in [0.1, 0.15) is 10.6 Å². The molecule has 2 rings (SSSR count). The first-order chi connectivity index (χ1) is 10.3. The van der Waals surface area contributed by atoms with Crippen LogP contribution in [0.25, 0.3) is 0 Å². The summed E-state index contributed by atoms with van der Waals surface area (Å²) in [5.74, 6) is 1.04. The molecule has 1 fully saturated rings. The molecule has 0 radical (unpaired) electrons. The average Bonchev–Trinajstić information content (AvgIpc) is 2.65. The predicted octanol–water partition coefficient (Wildman–Crippen LogP) is 4.37. The number of phenols is 1. The number of hydrogen-bond donors (Lipinski definition) is 1. The molecular formula is C19H29NO2S. The van der Waals surface area contributed by atoms with Gasteiger partial charge in [-0.25, -0.2) is 0 Å². The van der Waals surface area contributed by atoms with Crippen LogP contribution in [0, 0.1) is 0 Å². The minimum atomic E-state index is -0.384. The number of thioether (sulfide) groups is 1. The highest BCUT2D eigenvalue weighted by atomic mass is 32.2. The monoisotopic (exact) mass is 335 g/mol. The Morgan fingerprint density at radius 1 is 1.09 bits per heavy atom. The second-order valence-electron chi connectivity index (χ2n) is 8.64. The fraction of sp³-hybridized carbons (Fsp3) is 0.632. The summed E-state index contributed by atoms with van der Waals surface area (Å²) >= 11 is 1.65. The molecule has 1 atom stereocenters. The number of amides is 1. The van der Waals surface area contributed by atoms with Crippen molar-refractivity contribution in [3.05, 3.63) is 28.8 Å². The molecule has 1 unspecified atom stereocenters. The van der Waals surface area contributed by atoms with Gasteiger partial charge in [0, 0.05) is 7.05 Å². The number of rotatable bonds is 1. The van der Waals surface area contributed by atoms with Crippen molar-refractivity contribution in [2.75, 3.05) is 12.8 Å². The molecular weight excluding hydrogens is 306 g/mol. The van der Waals surface area contributed by atoms with E-state index in [4.69, 9.17) is 0 Å². The van der Waals surface area contributed by atoms with Crippen molar-refractivity contribution in [1.82, 2.24) is 4.90 Å². The number of hydrogen-bond acceptors (Lipinski definition) is 3. The zero-order valence-electron chi connectivity index (χ0n) is 15.6. The van der Waals surface area contributed by atoms with Crippen molar-refractivity contribution in [2.45, 2.75) is 64.2 Å². The summed E-state index contributed by atoms with van der Waals surface area (Å²) in [7, 11) is 1.86. The molecule has 1 heterocycles. The van der Waals surface area contributed by atoms with Crippen molar-refractivity contribution < 1.29 is 9.90 Å². The maximum absolute atomic E-state index is 12.0. The first kappa shape index (κ1) is 18.2. The fourth-order valence-corrected chi connectivity index (χ4v) is 4.13. The third kappa shape index (κ3) is 3.10. The highest BCUT2D eigenvalue weighted by Gasteiger charge is 2.43. The number of nitrogens with zero attached hydrogens (tertiary/aromatic N) is 1. The Morgan fingerprint density at radius 2 is 1.52 bits per heavy atom. The molecule has 1 N–H and O–H groups in total. The quantitative estimate of drug-likeness (QED) is 0.829. The Kier molecular flexibility index (Phi) is 4.30. The molecule has 1 saturated heterocycles. The zero-order chi connectivity index (χ0) is 17.8. The predicted molar refractivity (Wildman–Crippen MR) is 98.1 cm³/mol. The number of aromatic hydroxyl groups is 1. The van der Waals surface area contributed by atoms with Gasteiger partial charge in [0.25, 0.3) is 0 Å². The van der Waals surface area contributed by atoms with E-state index in [-0.39, 0.29) is 21.6 Å². The molecule has 0 aliphatic carbocycles. The minimum Gasteiger partial charge on any atom is -0.507 e. The average molecular weight is 336 g/mol. The Morgan fingerprint density at radius 3 is 1.83 bits per heavy atom. The van der Waals surface area contributed by atoms with Gasteiger partial charge in [0.15, 0.2) is 0 Å². The smallest absolute Gasteiger partial charge is 0.233 e. The lowest BCUT2D eigenvalue weighted by Crippen LogP contribution is -2.37. The molecule has 1 aromatic rings. The van der Waals surface area contributed by atoms with E-state index in [9.17, 15) is 9.90 Å². The van der Waals surface area contributed by atoms with E-state index in [0.717, 1.165) is 16.7 Å². The van der Waals surface area contributed by atoms with Crippen molar-refractivity contribution in [3.8, 4) is 5.75 Å². The van der Waals surface area contributed by atoms with Crippen LogP contribution in [-0.4, -0.2) is 28.7 Å². The van der Waals surface area contributed by atoms with E-state index in [1.807, 2.05) is 11.9 Å². The van der Waals surface area contributed by atoms with Crippen LogP contribution in [0.2, 0.25) is 0 Å². The molecule has 0 aromatic heterocycles. The van der Waals surface area contributed by atoms with E-state index in [1.165, 1.54) is 0 Å². The molecule has 0 saturated carbocycles. The number of carbonyl (C=O) groups is 1. The summed E-state index contributed by atoms with van der Waals surface area (Å²) in [6.45, 7) is 14.7. The summed E-state index contributed by atoms with van der Waals surface area (Å²) in [5, 5.41) is 10.8. The topological polar surface area (TPSA) is 40.5 Å². The van der Waals surface area contributed by atoms with Crippen LogP contribution in [0.5, 0.6) is 5.75 Å². The maximum atomic E-state index is 12.0. The van der Waals surface area contributed by atoms with Gasteiger partial charge in [0.2, 0.25) is 5.91 Å². The van der Waals surface area contributed by atoms with Crippen LogP contribution in [0.3, 0.4) is 0 Å². The van der Waals surface area contributed by atoms with Gasteiger partial charge in [-0.3, -0.25) is 4.79 Å². The first-order valence-electron chi connectivity index (χ1n) is 8.07. The second-order valence-corrected chi connectivity index (χ2v) is 10.0. The van der Waals surface area contributed by atoms with Crippen molar-refractivity contribution in [1.29, 1.82) is 0 Å². The van der Waals surface area contributed by atoms with Gasteiger partial charge in [-0.2, -0.15) is 0 Å². The first-order valence-corrected chi connectivity index (χ1v) is 9.06. The zero-order valence-corrected chi connectivity index (χ0v) is 16.4. The summed E-state index contributed by atoms with van der Waals surface area (Å²) in [6.07, 6.45) is 0. The van der Waals surface area contributed by atoms with E-state index < -0.39 is 0 Å². The molecule has 0 spiro atoms. The lowest BCUT2D eigenvalue weighted by molar-refractivity contribution is -0.128. The summed E-state index contributed by atoms with van der Waals surface area (Å²) in [4.78, 5) is 13.5. The van der Waals surface area contributed by atoms with Crippen LogP contribution in [0.1, 0.15) is 65.2 Å². The van der Waals surface area contributed by atoms with Gasteiger partial charge in [-0.15, -0.1) is 11.8 Å². The van der Waals surface area contributed by atoms with Gasteiger partial charge in [0.05, 0.1) is 5.75 Å². The van der Waals surface area contributed by atoms with E-state index in [1.54, 1.807) is 11.8 Å².